The monoisotopic (exact) mass is 705 g/mol. The van der Waals surface area contributed by atoms with Crippen LogP contribution < -0.4 is 28.8 Å². The summed E-state index contributed by atoms with van der Waals surface area (Å²) in [6.45, 7) is 4.57. The molecular formula is C39H64INO2. The molecule has 0 aliphatic heterocycles. The van der Waals surface area contributed by atoms with Crippen LogP contribution >= 0.6 is 0 Å². The molecule has 0 spiro atoms. The van der Waals surface area contributed by atoms with Crippen molar-refractivity contribution in [2.24, 2.45) is 0 Å². The van der Waals surface area contributed by atoms with Crippen LogP contribution in [-0.2, 0) is 0 Å². The lowest BCUT2D eigenvalue weighted by molar-refractivity contribution is -1.07. The first-order valence-electron chi connectivity index (χ1n) is 17.7. The molecule has 4 heteroatoms. The summed E-state index contributed by atoms with van der Waals surface area (Å²) < 4.78 is 0.462. The molecule has 244 valence electrons. The maximum atomic E-state index is 13.3. The Bertz CT molecular complexity index is 945. The lowest BCUT2D eigenvalue weighted by Gasteiger charge is -2.36. The van der Waals surface area contributed by atoms with Gasteiger partial charge in [0.25, 0.3) is 0 Å². The summed E-state index contributed by atoms with van der Waals surface area (Å²) >= 11 is 0. The van der Waals surface area contributed by atoms with Crippen LogP contribution in [0.15, 0.2) is 54.6 Å². The van der Waals surface area contributed by atoms with Crippen LogP contribution in [0.5, 0.6) is 5.75 Å². The van der Waals surface area contributed by atoms with Crippen molar-refractivity contribution in [1.29, 1.82) is 0 Å². The molecule has 3 nitrogen and oxygen atoms in total. The molecule has 0 aliphatic rings. The summed E-state index contributed by atoms with van der Waals surface area (Å²) in [6, 6.07) is 17.7. The lowest BCUT2D eigenvalue weighted by atomic mass is 9.99. The van der Waals surface area contributed by atoms with Crippen molar-refractivity contribution >= 4 is 5.78 Å². The molecule has 0 saturated carbocycles. The first-order valence-corrected chi connectivity index (χ1v) is 17.7. The molecule has 0 N–H and O–H groups in total. The lowest BCUT2D eigenvalue weighted by Crippen LogP contribution is -3.00. The van der Waals surface area contributed by atoms with E-state index in [0.717, 1.165) is 0 Å². The average Bonchev–Trinajstić information content (AvgIpc) is 3.00. The SMILES string of the molecule is CCCCCCCCCCCCCCCCCC(CCCCCC)[N+](C)(C)Oc1ccccc1C(=O)c1ccccc1.[I-]. The van der Waals surface area contributed by atoms with Gasteiger partial charge in [-0.25, -0.2) is 0 Å². The predicted octanol–water partition coefficient (Wildman–Crippen LogP) is 8.89. The Morgan fingerprint density at radius 2 is 0.977 bits per heavy atom. The van der Waals surface area contributed by atoms with Crippen molar-refractivity contribution in [2.75, 3.05) is 14.1 Å². The topological polar surface area (TPSA) is 26.3 Å². The normalized spacial score (nSPS) is 12.1. The number of unbranched alkanes of at least 4 members (excludes halogenated alkanes) is 17. The van der Waals surface area contributed by atoms with Gasteiger partial charge in [-0.1, -0.05) is 165 Å². The van der Waals surface area contributed by atoms with Crippen molar-refractivity contribution in [3.63, 3.8) is 0 Å². The largest absolute Gasteiger partial charge is 1.00 e. The van der Waals surface area contributed by atoms with Crippen molar-refractivity contribution in [2.45, 2.75) is 155 Å². The molecule has 0 saturated heterocycles. The van der Waals surface area contributed by atoms with E-state index in [4.69, 9.17) is 4.84 Å². The van der Waals surface area contributed by atoms with E-state index in [1.807, 2.05) is 54.6 Å². The van der Waals surface area contributed by atoms with Crippen LogP contribution in [0.2, 0.25) is 0 Å². The van der Waals surface area contributed by atoms with E-state index in [9.17, 15) is 4.79 Å². The molecular weight excluding hydrogens is 641 g/mol. The summed E-state index contributed by atoms with van der Waals surface area (Å²) in [6.07, 6.45) is 28.3. The smallest absolute Gasteiger partial charge is 0.201 e. The molecule has 2 aromatic carbocycles. The average molecular weight is 706 g/mol. The van der Waals surface area contributed by atoms with Crippen molar-refractivity contribution < 1.29 is 38.3 Å². The summed E-state index contributed by atoms with van der Waals surface area (Å²) in [5, 5.41) is 0. The Morgan fingerprint density at radius 3 is 1.47 bits per heavy atom. The fraction of sp³-hybridized carbons (Fsp3) is 0.667. The van der Waals surface area contributed by atoms with E-state index < -0.39 is 0 Å². The number of hydrogen-bond donors (Lipinski definition) is 0. The molecule has 0 aromatic heterocycles. The number of carbonyl (C=O) groups excluding carboxylic acids is 1. The van der Waals surface area contributed by atoms with Crippen LogP contribution in [0.1, 0.15) is 165 Å². The summed E-state index contributed by atoms with van der Waals surface area (Å²) in [7, 11) is 4.36. The number of quaternary nitrogens is 1. The molecule has 1 unspecified atom stereocenters. The zero-order valence-corrected chi connectivity index (χ0v) is 30.4. The first kappa shape index (κ1) is 39.6. The van der Waals surface area contributed by atoms with Crippen LogP contribution in [0.25, 0.3) is 0 Å². The number of nitrogens with zero attached hydrogens (tertiary/aromatic N) is 1. The van der Waals surface area contributed by atoms with Crippen LogP contribution in [0.3, 0.4) is 0 Å². The Labute approximate surface area is 283 Å². The maximum absolute atomic E-state index is 13.3. The van der Waals surface area contributed by atoms with Gasteiger partial charge in [-0.3, -0.25) is 4.79 Å². The second kappa shape index (κ2) is 24.9. The van der Waals surface area contributed by atoms with Gasteiger partial charge < -0.3 is 28.8 Å². The summed E-state index contributed by atoms with van der Waals surface area (Å²) in [4.78, 5) is 20.0. The van der Waals surface area contributed by atoms with Gasteiger partial charge in [0, 0.05) is 18.4 Å². The fourth-order valence-electron chi connectivity index (χ4n) is 6.13. The second-order valence-corrected chi connectivity index (χ2v) is 13.0. The van der Waals surface area contributed by atoms with E-state index in [2.05, 4.69) is 27.9 Å². The van der Waals surface area contributed by atoms with Gasteiger partial charge in [0.15, 0.2) is 5.78 Å². The molecule has 1 atom stereocenters. The van der Waals surface area contributed by atoms with E-state index in [1.54, 1.807) is 0 Å². The number of para-hydroxylation sites is 1. The van der Waals surface area contributed by atoms with E-state index >= 15 is 0 Å². The quantitative estimate of drug-likeness (QED) is 0.0322. The molecule has 0 fully saturated rings. The second-order valence-electron chi connectivity index (χ2n) is 13.0. The number of hydroxylamine groups is 3. The van der Waals surface area contributed by atoms with Crippen molar-refractivity contribution in [3.05, 3.63) is 65.7 Å². The van der Waals surface area contributed by atoms with Crippen LogP contribution in [0, 0.1) is 0 Å². The third-order valence-electron chi connectivity index (χ3n) is 8.91. The van der Waals surface area contributed by atoms with E-state index in [-0.39, 0.29) is 29.8 Å². The Morgan fingerprint density at radius 1 is 0.581 bits per heavy atom. The molecule has 2 rings (SSSR count). The van der Waals surface area contributed by atoms with Gasteiger partial charge in [0.05, 0.1) is 5.56 Å². The van der Waals surface area contributed by atoms with Gasteiger partial charge in [0.2, 0.25) is 5.75 Å². The Balaban J connectivity index is 0.00000924. The molecule has 0 aliphatic carbocycles. The molecule has 0 bridgehead atoms. The highest BCUT2D eigenvalue weighted by molar-refractivity contribution is 6.10. The predicted molar refractivity (Wildman–Crippen MR) is 181 cm³/mol. The number of halogens is 1. The first-order chi connectivity index (χ1) is 20.5. The number of carbonyl (C=O) groups is 1. The highest BCUT2D eigenvalue weighted by atomic mass is 127. The summed E-state index contributed by atoms with van der Waals surface area (Å²) in [5.41, 5.74) is 1.35. The summed E-state index contributed by atoms with van der Waals surface area (Å²) in [5.74, 6) is 0.708. The van der Waals surface area contributed by atoms with Crippen molar-refractivity contribution in [1.82, 2.24) is 0 Å². The number of hydrogen-bond acceptors (Lipinski definition) is 2. The zero-order valence-electron chi connectivity index (χ0n) is 28.3. The maximum Gasteiger partial charge on any atom is 0.201 e. The fourth-order valence-corrected chi connectivity index (χ4v) is 6.13. The van der Waals surface area contributed by atoms with Gasteiger partial charge in [-0.15, -0.1) is 4.65 Å². The van der Waals surface area contributed by atoms with Crippen LogP contribution in [-0.4, -0.2) is 30.6 Å². The van der Waals surface area contributed by atoms with E-state index in [1.165, 1.54) is 135 Å². The van der Waals surface area contributed by atoms with Crippen molar-refractivity contribution in [3.8, 4) is 5.75 Å². The molecule has 0 amide bonds. The van der Waals surface area contributed by atoms with Crippen LogP contribution in [0.4, 0.5) is 0 Å². The minimum atomic E-state index is 0. The number of rotatable bonds is 26. The van der Waals surface area contributed by atoms with Gasteiger partial charge in [-0.05, 0) is 25.0 Å². The van der Waals surface area contributed by atoms with Gasteiger partial charge >= 0.3 is 0 Å². The number of ketones is 1. The Hall–Kier alpha value is -1.40. The molecule has 2 aromatic rings. The van der Waals surface area contributed by atoms with Gasteiger partial charge in [-0.2, -0.15) is 0 Å². The minimum absolute atomic E-state index is 0. The van der Waals surface area contributed by atoms with Gasteiger partial charge in [0.1, 0.15) is 20.1 Å². The highest BCUT2D eigenvalue weighted by Gasteiger charge is 2.32. The standard InChI is InChI=1S/C39H64NO2.HI/c1-5-7-9-11-12-13-14-15-16-17-18-19-20-21-26-32-36(31-25-10-8-6-2)40(3,4)42-38-34-28-27-33-37(38)39(41)35-29-23-22-24-30-35;/h22-24,27-30,33-34,36H,5-21,25-26,31-32H2,1-4H3;1H/q+1;/p-1. The third kappa shape index (κ3) is 17.0. The third-order valence-corrected chi connectivity index (χ3v) is 8.91. The zero-order chi connectivity index (χ0) is 30.3. The molecule has 43 heavy (non-hydrogen) atoms. The number of benzene rings is 2. The van der Waals surface area contributed by atoms with E-state index in [0.29, 0.717) is 27.6 Å². The molecule has 0 heterocycles. The minimum Gasteiger partial charge on any atom is -1.00 e. The molecule has 0 radical (unpaired) electrons. The Kier molecular flexibility index (Phi) is 22.9. The highest BCUT2D eigenvalue weighted by Crippen LogP contribution is 2.28.